The molecule has 1 aromatic carbocycles. The van der Waals surface area contributed by atoms with E-state index in [2.05, 4.69) is 14.7 Å². The zero-order valence-electron chi connectivity index (χ0n) is 13.2. The SMILES string of the molecule is Nc1cccc(S(=O)(=O)Nc2ccc(Cl)c(-c3c(F)cc(F)cc3F)n2)n1. The summed E-state index contributed by atoms with van der Waals surface area (Å²) < 4.78 is 68.0. The van der Waals surface area contributed by atoms with Crippen LogP contribution in [0, 0.1) is 17.5 Å². The molecule has 0 amide bonds. The molecule has 0 radical (unpaired) electrons. The molecule has 0 bridgehead atoms. The number of hydrogen-bond donors (Lipinski definition) is 2. The van der Waals surface area contributed by atoms with E-state index < -0.39 is 38.7 Å². The Morgan fingerprint density at radius 1 is 1.00 bits per heavy atom. The number of sulfonamides is 1. The minimum absolute atomic E-state index is 0.0157. The molecule has 0 aliphatic carbocycles. The van der Waals surface area contributed by atoms with Gasteiger partial charge in [0.25, 0.3) is 10.0 Å². The van der Waals surface area contributed by atoms with E-state index in [4.69, 9.17) is 17.3 Å². The van der Waals surface area contributed by atoms with E-state index in [1.807, 2.05) is 0 Å². The molecule has 0 aliphatic rings. The number of aromatic nitrogens is 2. The lowest BCUT2D eigenvalue weighted by Gasteiger charge is -2.11. The van der Waals surface area contributed by atoms with Crippen molar-refractivity contribution in [3.05, 3.63) is 64.9 Å². The second-order valence-electron chi connectivity index (χ2n) is 5.28. The fourth-order valence-corrected chi connectivity index (χ4v) is 3.39. The Morgan fingerprint density at radius 3 is 2.30 bits per heavy atom. The number of pyridine rings is 2. The third kappa shape index (κ3) is 3.96. The maximum atomic E-state index is 14.0. The first-order chi connectivity index (χ1) is 12.7. The van der Waals surface area contributed by atoms with Crippen molar-refractivity contribution in [3.63, 3.8) is 0 Å². The molecule has 0 saturated carbocycles. The van der Waals surface area contributed by atoms with Gasteiger partial charge in [0.1, 0.15) is 29.1 Å². The van der Waals surface area contributed by atoms with Gasteiger partial charge in [-0.05, 0) is 24.3 Å². The van der Waals surface area contributed by atoms with Crippen molar-refractivity contribution in [1.29, 1.82) is 0 Å². The molecule has 0 aliphatic heterocycles. The highest BCUT2D eigenvalue weighted by atomic mass is 35.5. The topological polar surface area (TPSA) is 98.0 Å². The Balaban J connectivity index is 2.04. The van der Waals surface area contributed by atoms with Gasteiger partial charge in [0.15, 0.2) is 5.03 Å². The molecular formula is C16H10ClF3N4O2S. The highest BCUT2D eigenvalue weighted by Crippen LogP contribution is 2.32. The van der Waals surface area contributed by atoms with Gasteiger partial charge in [0, 0.05) is 12.1 Å². The van der Waals surface area contributed by atoms with Gasteiger partial charge in [0.2, 0.25) is 0 Å². The number of hydrogen-bond acceptors (Lipinski definition) is 5. The van der Waals surface area contributed by atoms with Crippen molar-refractivity contribution in [2.45, 2.75) is 5.03 Å². The predicted molar refractivity (Wildman–Crippen MR) is 94.0 cm³/mol. The highest BCUT2D eigenvalue weighted by Gasteiger charge is 2.21. The summed E-state index contributed by atoms with van der Waals surface area (Å²) in [7, 11) is -4.17. The number of nitrogens with two attached hydrogens (primary N) is 1. The minimum atomic E-state index is -4.17. The maximum Gasteiger partial charge on any atom is 0.280 e. The molecule has 0 atom stereocenters. The summed E-state index contributed by atoms with van der Waals surface area (Å²) >= 11 is 5.93. The third-order valence-corrected chi connectivity index (χ3v) is 4.91. The highest BCUT2D eigenvalue weighted by molar-refractivity contribution is 7.92. The number of nitrogens with one attached hydrogen (secondary N) is 1. The molecule has 2 heterocycles. The van der Waals surface area contributed by atoms with Crippen LogP contribution in [0.15, 0.2) is 47.5 Å². The Hall–Kier alpha value is -2.85. The van der Waals surface area contributed by atoms with Gasteiger partial charge in [-0.2, -0.15) is 8.42 Å². The number of halogens is 4. The lowest BCUT2D eigenvalue weighted by molar-refractivity contribution is 0.547. The van der Waals surface area contributed by atoms with Crippen molar-refractivity contribution in [1.82, 2.24) is 9.97 Å². The van der Waals surface area contributed by atoms with Gasteiger partial charge in [-0.3, -0.25) is 4.72 Å². The first kappa shape index (κ1) is 18.9. The summed E-state index contributed by atoms with van der Waals surface area (Å²) in [5.74, 6) is -3.88. The van der Waals surface area contributed by atoms with Crippen LogP contribution in [0.4, 0.5) is 24.8 Å². The summed E-state index contributed by atoms with van der Waals surface area (Å²) in [6.07, 6.45) is 0. The molecule has 6 nitrogen and oxygen atoms in total. The zero-order chi connectivity index (χ0) is 19.8. The molecule has 3 N–H and O–H groups in total. The van der Waals surface area contributed by atoms with Gasteiger partial charge in [-0.1, -0.05) is 17.7 Å². The van der Waals surface area contributed by atoms with E-state index in [0.717, 1.165) is 0 Å². The van der Waals surface area contributed by atoms with Gasteiger partial charge in [-0.15, -0.1) is 0 Å². The molecular weight excluding hydrogens is 405 g/mol. The van der Waals surface area contributed by atoms with Gasteiger partial charge >= 0.3 is 0 Å². The first-order valence-electron chi connectivity index (χ1n) is 7.24. The number of nitrogens with zero attached hydrogens (tertiary/aromatic N) is 2. The quantitative estimate of drug-likeness (QED) is 0.679. The van der Waals surface area contributed by atoms with Crippen molar-refractivity contribution in [3.8, 4) is 11.3 Å². The van der Waals surface area contributed by atoms with Crippen molar-refractivity contribution in [2.75, 3.05) is 10.5 Å². The number of nitrogen functional groups attached to an aromatic ring is 1. The molecule has 0 fully saturated rings. The average Bonchev–Trinajstić information content (AvgIpc) is 2.56. The second kappa shape index (κ2) is 7.05. The summed E-state index contributed by atoms with van der Waals surface area (Å²) in [6.45, 7) is 0. The molecule has 0 saturated heterocycles. The zero-order valence-corrected chi connectivity index (χ0v) is 14.8. The molecule has 3 aromatic rings. The Kier molecular flexibility index (Phi) is 4.94. The molecule has 140 valence electrons. The summed E-state index contributed by atoms with van der Waals surface area (Å²) in [5.41, 5.74) is 4.38. The maximum absolute atomic E-state index is 14.0. The fraction of sp³-hybridized carbons (Fsp3) is 0. The standard InChI is InChI=1S/C16H10ClF3N4O2S/c17-9-4-5-13(24-27(25,26)14-3-1-2-12(21)22-14)23-16(9)15-10(19)6-8(18)7-11(15)20/h1-7H,(H2,21,22)(H,23,24). The van der Waals surface area contributed by atoms with Crippen molar-refractivity contribution >= 4 is 33.3 Å². The Morgan fingerprint density at radius 2 is 1.67 bits per heavy atom. The van der Waals surface area contributed by atoms with Crippen LogP contribution in [0.25, 0.3) is 11.3 Å². The lowest BCUT2D eigenvalue weighted by atomic mass is 10.1. The normalized spacial score (nSPS) is 11.4. The van der Waals surface area contributed by atoms with Crippen LogP contribution >= 0.6 is 11.6 Å². The van der Waals surface area contributed by atoms with Crippen LogP contribution in [0.1, 0.15) is 0 Å². The van der Waals surface area contributed by atoms with Crippen LogP contribution in [0.2, 0.25) is 5.02 Å². The largest absolute Gasteiger partial charge is 0.384 e. The Bertz CT molecular complexity index is 1120. The van der Waals surface area contributed by atoms with E-state index >= 15 is 0 Å². The first-order valence-corrected chi connectivity index (χ1v) is 9.10. The predicted octanol–water partition coefficient (Wildman–Crippen LogP) is 3.60. The second-order valence-corrected chi connectivity index (χ2v) is 7.31. The Labute approximate surface area is 156 Å². The van der Waals surface area contributed by atoms with Crippen LogP contribution in [-0.2, 0) is 10.0 Å². The third-order valence-electron chi connectivity index (χ3n) is 3.35. The lowest BCUT2D eigenvalue weighted by Crippen LogP contribution is -2.16. The molecule has 3 rings (SSSR count). The fourth-order valence-electron chi connectivity index (χ4n) is 2.21. The monoisotopic (exact) mass is 414 g/mol. The van der Waals surface area contributed by atoms with Crippen molar-refractivity contribution in [2.24, 2.45) is 0 Å². The van der Waals surface area contributed by atoms with E-state index in [0.29, 0.717) is 12.1 Å². The van der Waals surface area contributed by atoms with E-state index in [1.165, 1.54) is 30.3 Å². The molecule has 27 heavy (non-hydrogen) atoms. The molecule has 2 aromatic heterocycles. The van der Waals surface area contributed by atoms with Gasteiger partial charge in [0.05, 0.1) is 16.3 Å². The van der Waals surface area contributed by atoms with E-state index in [9.17, 15) is 21.6 Å². The number of rotatable bonds is 4. The van der Waals surface area contributed by atoms with Crippen LogP contribution in [0.3, 0.4) is 0 Å². The molecule has 11 heteroatoms. The minimum Gasteiger partial charge on any atom is -0.384 e. The van der Waals surface area contributed by atoms with Crippen molar-refractivity contribution < 1.29 is 21.6 Å². The van der Waals surface area contributed by atoms with E-state index in [-0.39, 0.29) is 21.7 Å². The molecule has 0 spiro atoms. The number of benzene rings is 1. The summed E-state index contributed by atoms with van der Waals surface area (Å²) in [4.78, 5) is 7.53. The van der Waals surface area contributed by atoms with Gasteiger partial charge < -0.3 is 5.73 Å². The smallest absolute Gasteiger partial charge is 0.280 e. The summed E-state index contributed by atoms with van der Waals surface area (Å²) in [5, 5.41) is -0.538. The van der Waals surface area contributed by atoms with Crippen LogP contribution < -0.4 is 10.5 Å². The van der Waals surface area contributed by atoms with Crippen LogP contribution in [0.5, 0.6) is 0 Å². The average molecular weight is 415 g/mol. The molecule has 0 unspecified atom stereocenters. The summed E-state index contributed by atoms with van der Waals surface area (Å²) in [6, 6.07) is 7.30. The number of anilines is 2. The van der Waals surface area contributed by atoms with Gasteiger partial charge in [-0.25, -0.2) is 23.1 Å². The van der Waals surface area contributed by atoms with E-state index in [1.54, 1.807) is 0 Å². The van der Waals surface area contributed by atoms with Crippen LogP contribution in [-0.4, -0.2) is 18.4 Å².